The number of aryl methyl sites for hydroxylation is 2. The molecule has 3 rings (SSSR count). The minimum Gasteiger partial charge on any atom is -0.376 e. The van der Waals surface area contributed by atoms with Gasteiger partial charge in [0.25, 0.3) is 5.56 Å². The zero-order chi connectivity index (χ0) is 18.7. The van der Waals surface area contributed by atoms with E-state index in [-0.39, 0.29) is 11.7 Å². The Morgan fingerprint density at radius 2 is 2.19 bits per heavy atom. The second kappa shape index (κ2) is 8.20. The van der Waals surface area contributed by atoms with Crippen molar-refractivity contribution in [2.24, 2.45) is 13.0 Å². The van der Waals surface area contributed by atoms with Gasteiger partial charge >= 0.3 is 0 Å². The Labute approximate surface area is 154 Å². The smallest absolute Gasteiger partial charge is 0.278 e. The van der Waals surface area contributed by atoms with Crippen LogP contribution in [0.4, 0.5) is 5.95 Å². The third-order valence-electron chi connectivity index (χ3n) is 4.82. The number of rotatable bonds is 7. The molecule has 2 aromatic heterocycles. The van der Waals surface area contributed by atoms with E-state index in [4.69, 9.17) is 9.72 Å². The monoisotopic (exact) mass is 361 g/mol. The van der Waals surface area contributed by atoms with Crippen molar-refractivity contribution in [1.29, 1.82) is 0 Å². The molecule has 1 fully saturated rings. The van der Waals surface area contributed by atoms with E-state index in [1.54, 1.807) is 11.7 Å². The lowest BCUT2D eigenvalue weighted by Gasteiger charge is -2.31. The van der Waals surface area contributed by atoms with Crippen LogP contribution in [0.15, 0.2) is 4.79 Å². The average molecular weight is 361 g/mol. The maximum Gasteiger partial charge on any atom is 0.278 e. The van der Waals surface area contributed by atoms with Crippen LogP contribution in [0.5, 0.6) is 0 Å². The lowest BCUT2D eigenvalue weighted by molar-refractivity contribution is 0.0206. The van der Waals surface area contributed by atoms with Gasteiger partial charge in [0.05, 0.1) is 11.8 Å². The standard InChI is InChI=1S/C19H31N5O2/c1-5-8-15-16-17(23(4)22-15)18(25)21-19(20-16)24(11-13(2)3)12-14-9-6-7-10-26-14/h13-14H,5-12H2,1-4H3,(H,20,21,25). The maximum atomic E-state index is 12.7. The first-order valence-corrected chi connectivity index (χ1v) is 9.82. The fourth-order valence-electron chi connectivity index (χ4n) is 3.68. The van der Waals surface area contributed by atoms with Crippen LogP contribution in [-0.2, 0) is 18.2 Å². The number of H-pyrrole nitrogens is 1. The fraction of sp³-hybridized carbons (Fsp3) is 0.737. The molecular weight excluding hydrogens is 330 g/mol. The molecule has 3 heterocycles. The zero-order valence-corrected chi connectivity index (χ0v) is 16.4. The van der Waals surface area contributed by atoms with E-state index in [0.29, 0.717) is 17.4 Å². The lowest BCUT2D eigenvalue weighted by Crippen LogP contribution is -2.39. The van der Waals surface area contributed by atoms with E-state index in [2.05, 4.69) is 35.8 Å². The van der Waals surface area contributed by atoms with Crippen LogP contribution in [0.25, 0.3) is 11.0 Å². The molecular formula is C19H31N5O2. The summed E-state index contributed by atoms with van der Waals surface area (Å²) in [5.41, 5.74) is 2.05. The molecule has 1 saturated heterocycles. The van der Waals surface area contributed by atoms with E-state index < -0.39 is 0 Å². The molecule has 7 nitrogen and oxygen atoms in total. The Hall–Kier alpha value is -1.89. The predicted octanol–water partition coefficient (Wildman–Crippen LogP) is 2.64. The normalized spacial score (nSPS) is 18.0. The fourth-order valence-corrected chi connectivity index (χ4v) is 3.68. The van der Waals surface area contributed by atoms with Crippen LogP contribution in [-0.4, -0.2) is 45.5 Å². The second-order valence-electron chi connectivity index (χ2n) is 7.69. The molecule has 144 valence electrons. The molecule has 26 heavy (non-hydrogen) atoms. The van der Waals surface area contributed by atoms with Crippen molar-refractivity contribution >= 4 is 17.0 Å². The summed E-state index contributed by atoms with van der Waals surface area (Å²) in [6, 6.07) is 0. The van der Waals surface area contributed by atoms with Crippen LogP contribution in [0.3, 0.4) is 0 Å². The number of anilines is 1. The zero-order valence-electron chi connectivity index (χ0n) is 16.4. The molecule has 0 bridgehead atoms. The molecule has 2 aromatic rings. The van der Waals surface area contributed by atoms with Crippen molar-refractivity contribution < 1.29 is 4.74 Å². The van der Waals surface area contributed by atoms with Crippen molar-refractivity contribution in [2.75, 3.05) is 24.6 Å². The molecule has 0 radical (unpaired) electrons. The van der Waals surface area contributed by atoms with Gasteiger partial charge in [0.1, 0.15) is 5.52 Å². The van der Waals surface area contributed by atoms with Crippen LogP contribution in [0, 0.1) is 5.92 Å². The molecule has 1 aliphatic heterocycles. The molecule has 1 N–H and O–H groups in total. The van der Waals surface area contributed by atoms with E-state index in [0.717, 1.165) is 56.6 Å². The Balaban J connectivity index is 1.97. The van der Waals surface area contributed by atoms with Crippen molar-refractivity contribution in [3.63, 3.8) is 0 Å². The van der Waals surface area contributed by atoms with Gasteiger partial charge in [-0.25, -0.2) is 4.98 Å². The van der Waals surface area contributed by atoms with Gasteiger partial charge in [-0.1, -0.05) is 27.2 Å². The van der Waals surface area contributed by atoms with Gasteiger partial charge in [-0.2, -0.15) is 5.10 Å². The molecule has 1 atom stereocenters. The highest BCUT2D eigenvalue weighted by Gasteiger charge is 2.22. The number of fused-ring (bicyclic) bond motifs is 1. The molecule has 0 spiro atoms. The van der Waals surface area contributed by atoms with Gasteiger partial charge in [0, 0.05) is 26.7 Å². The number of nitrogens with zero attached hydrogens (tertiary/aromatic N) is 4. The van der Waals surface area contributed by atoms with Crippen molar-refractivity contribution in [1.82, 2.24) is 19.7 Å². The quantitative estimate of drug-likeness (QED) is 0.820. The summed E-state index contributed by atoms with van der Waals surface area (Å²) in [5.74, 6) is 1.10. The van der Waals surface area contributed by atoms with Gasteiger partial charge in [0.15, 0.2) is 5.52 Å². The van der Waals surface area contributed by atoms with Crippen LogP contribution < -0.4 is 10.5 Å². The molecule has 0 amide bonds. The largest absolute Gasteiger partial charge is 0.376 e. The Morgan fingerprint density at radius 1 is 1.38 bits per heavy atom. The number of ether oxygens (including phenoxy) is 1. The number of aromatic amines is 1. The van der Waals surface area contributed by atoms with E-state index >= 15 is 0 Å². The minimum atomic E-state index is -0.124. The lowest BCUT2D eigenvalue weighted by atomic mass is 10.1. The van der Waals surface area contributed by atoms with E-state index in [1.165, 1.54) is 6.42 Å². The topological polar surface area (TPSA) is 76.0 Å². The molecule has 1 unspecified atom stereocenters. The van der Waals surface area contributed by atoms with Crippen molar-refractivity contribution in [3.8, 4) is 0 Å². The maximum absolute atomic E-state index is 12.7. The van der Waals surface area contributed by atoms with Crippen molar-refractivity contribution in [3.05, 3.63) is 16.0 Å². The summed E-state index contributed by atoms with van der Waals surface area (Å²) in [5, 5.41) is 4.51. The highest BCUT2D eigenvalue weighted by Crippen LogP contribution is 2.20. The van der Waals surface area contributed by atoms with Gasteiger partial charge in [-0.3, -0.25) is 14.5 Å². The molecule has 7 heteroatoms. The van der Waals surface area contributed by atoms with E-state index in [1.807, 2.05) is 0 Å². The van der Waals surface area contributed by atoms with E-state index in [9.17, 15) is 4.79 Å². The third-order valence-corrected chi connectivity index (χ3v) is 4.82. The van der Waals surface area contributed by atoms with Crippen LogP contribution >= 0.6 is 0 Å². The van der Waals surface area contributed by atoms with Gasteiger partial charge in [-0.15, -0.1) is 0 Å². The minimum absolute atomic E-state index is 0.124. The van der Waals surface area contributed by atoms with Gasteiger partial charge < -0.3 is 9.64 Å². The Kier molecular flexibility index (Phi) is 5.96. The van der Waals surface area contributed by atoms with Crippen LogP contribution in [0.2, 0.25) is 0 Å². The average Bonchev–Trinajstić information content (AvgIpc) is 2.91. The Morgan fingerprint density at radius 3 is 2.85 bits per heavy atom. The second-order valence-corrected chi connectivity index (χ2v) is 7.69. The highest BCUT2D eigenvalue weighted by atomic mass is 16.5. The number of nitrogens with one attached hydrogen (secondary N) is 1. The molecule has 0 saturated carbocycles. The Bertz CT molecular complexity index is 789. The third kappa shape index (κ3) is 4.09. The van der Waals surface area contributed by atoms with Crippen molar-refractivity contribution in [2.45, 2.75) is 59.0 Å². The first-order valence-electron chi connectivity index (χ1n) is 9.82. The first-order chi connectivity index (χ1) is 12.5. The predicted molar refractivity (Wildman–Crippen MR) is 104 cm³/mol. The number of hydrogen-bond donors (Lipinski definition) is 1. The summed E-state index contributed by atoms with van der Waals surface area (Å²) < 4.78 is 7.56. The summed E-state index contributed by atoms with van der Waals surface area (Å²) in [6.45, 7) is 8.88. The highest BCUT2D eigenvalue weighted by molar-refractivity contribution is 5.77. The van der Waals surface area contributed by atoms with Gasteiger partial charge in [-0.05, 0) is 31.6 Å². The first kappa shape index (κ1) is 18.9. The number of aromatic nitrogens is 4. The molecule has 0 aliphatic carbocycles. The summed E-state index contributed by atoms with van der Waals surface area (Å²) >= 11 is 0. The molecule has 0 aromatic carbocycles. The SMILES string of the molecule is CCCc1nn(C)c2c(=O)[nH]c(N(CC(C)C)CC3CCCCO3)nc12. The summed E-state index contributed by atoms with van der Waals surface area (Å²) in [4.78, 5) is 22.7. The molecule has 1 aliphatic rings. The summed E-state index contributed by atoms with van der Waals surface area (Å²) in [7, 11) is 1.81. The number of hydrogen-bond acceptors (Lipinski definition) is 5. The van der Waals surface area contributed by atoms with Crippen LogP contribution in [0.1, 0.15) is 52.1 Å². The summed E-state index contributed by atoms with van der Waals surface area (Å²) in [6.07, 6.45) is 5.40. The van der Waals surface area contributed by atoms with Gasteiger partial charge in [0.2, 0.25) is 5.95 Å².